The number of benzene rings is 2. The summed E-state index contributed by atoms with van der Waals surface area (Å²) in [6, 6.07) is 26.9. The van der Waals surface area contributed by atoms with E-state index in [1.807, 2.05) is 48.8 Å². The zero-order valence-corrected chi connectivity index (χ0v) is 20.5. The predicted molar refractivity (Wildman–Crippen MR) is 148 cm³/mol. The molecule has 0 saturated carbocycles. The van der Waals surface area contributed by atoms with Gasteiger partial charge in [0, 0.05) is 50.3 Å². The summed E-state index contributed by atoms with van der Waals surface area (Å²) in [7, 11) is 0. The Bertz CT molecular complexity index is 1840. The second-order valence-electron chi connectivity index (χ2n) is 8.80. The van der Waals surface area contributed by atoms with Gasteiger partial charge in [0.1, 0.15) is 18.1 Å². The van der Waals surface area contributed by atoms with E-state index in [1.54, 1.807) is 17.5 Å². The maximum absolute atomic E-state index is 5.99. The normalized spacial score (nSPS) is 11.4. The Morgan fingerprint density at radius 2 is 1.73 bits per heavy atom. The van der Waals surface area contributed by atoms with Crippen LogP contribution in [0.2, 0.25) is 0 Å². The van der Waals surface area contributed by atoms with E-state index >= 15 is 0 Å². The van der Waals surface area contributed by atoms with Crippen molar-refractivity contribution in [1.82, 2.24) is 25.1 Å². The molecule has 2 aromatic carbocycles. The van der Waals surface area contributed by atoms with Crippen LogP contribution in [0.15, 0.2) is 103 Å². The third-order valence-corrected chi connectivity index (χ3v) is 7.32. The zero-order valence-electron chi connectivity index (χ0n) is 19.7. The molecule has 178 valence electrons. The fourth-order valence-corrected chi connectivity index (χ4v) is 5.36. The fraction of sp³-hybridized carbons (Fsp3) is 0.0333. The van der Waals surface area contributed by atoms with Crippen molar-refractivity contribution in [2.24, 2.45) is 0 Å². The summed E-state index contributed by atoms with van der Waals surface area (Å²) in [6.07, 6.45) is 5.40. The molecule has 0 aliphatic carbocycles. The molecule has 0 unspecified atom stereocenters. The van der Waals surface area contributed by atoms with E-state index in [2.05, 4.69) is 73.0 Å². The highest BCUT2D eigenvalue weighted by atomic mass is 32.1. The molecule has 5 heterocycles. The van der Waals surface area contributed by atoms with E-state index in [4.69, 9.17) is 4.74 Å². The number of hydrogen-bond donors (Lipinski definition) is 2. The molecule has 0 saturated heterocycles. The molecule has 0 atom stereocenters. The summed E-state index contributed by atoms with van der Waals surface area (Å²) in [4.78, 5) is 13.8. The van der Waals surface area contributed by atoms with Gasteiger partial charge >= 0.3 is 0 Å². The quantitative estimate of drug-likeness (QED) is 0.249. The van der Waals surface area contributed by atoms with Gasteiger partial charge in [-0.05, 0) is 41.3 Å². The number of aromatic amines is 2. The van der Waals surface area contributed by atoms with E-state index in [1.165, 1.54) is 15.8 Å². The summed E-state index contributed by atoms with van der Waals surface area (Å²) in [6.45, 7) is 0.489. The second kappa shape index (κ2) is 9.04. The van der Waals surface area contributed by atoms with E-state index in [9.17, 15) is 0 Å². The van der Waals surface area contributed by atoms with Crippen molar-refractivity contribution in [3.05, 3.63) is 108 Å². The lowest BCUT2D eigenvalue weighted by Crippen LogP contribution is -1.96. The Balaban J connectivity index is 1.24. The maximum Gasteiger partial charge on any atom is 0.155 e. The van der Waals surface area contributed by atoms with Crippen molar-refractivity contribution in [1.29, 1.82) is 0 Å². The summed E-state index contributed by atoms with van der Waals surface area (Å²) in [5.41, 5.74) is 7.80. The topological polar surface area (TPSA) is 79.5 Å². The summed E-state index contributed by atoms with van der Waals surface area (Å²) in [5.74, 6) is 0.714. The van der Waals surface area contributed by atoms with Crippen molar-refractivity contribution >= 4 is 33.3 Å². The highest BCUT2D eigenvalue weighted by molar-refractivity contribution is 7.13. The van der Waals surface area contributed by atoms with Gasteiger partial charge in [-0.2, -0.15) is 5.10 Å². The molecule has 37 heavy (non-hydrogen) atoms. The number of thiophene rings is 1. The highest BCUT2D eigenvalue weighted by Crippen LogP contribution is 2.36. The molecule has 0 aliphatic heterocycles. The predicted octanol–water partition coefficient (Wildman–Crippen LogP) is 7.48. The number of hydrogen-bond acceptors (Lipinski definition) is 5. The first kappa shape index (κ1) is 21.5. The Hall–Kier alpha value is -4.75. The van der Waals surface area contributed by atoms with Crippen LogP contribution in [0.25, 0.3) is 54.9 Å². The number of nitrogens with zero attached hydrogens (tertiary/aromatic N) is 3. The Labute approximate surface area is 216 Å². The zero-order chi connectivity index (χ0) is 24.6. The summed E-state index contributed by atoms with van der Waals surface area (Å²) in [5, 5.41) is 11.9. The van der Waals surface area contributed by atoms with Gasteiger partial charge in [-0.3, -0.25) is 10.1 Å². The number of ether oxygens (including phenoxy) is 1. The molecule has 0 spiro atoms. The third kappa shape index (κ3) is 4.05. The molecule has 0 bridgehead atoms. The lowest BCUT2D eigenvalue weighted by atomic mass is 10.1. The molecule has 7 aromatic rings. The first-order valence-corrected chi connectivity index (χ1v) is 12.8. The monoisotopic (exact) mass is 499 g/mol. The highest BCUT2D eigenvalue weighted by Gasteiger charge is 2.15. The minimum Gasteiger partial charge on any atom is -0.487 e. The largest absolute Gasteiger partial charge is 0.487 e. The maximum atomic E-state index is 5.99. The van der Waals surface area contributed by atoms with E-state index in [0.717, 1.165) is 44.6 Å². The lowest BCUT2D eigenvalue weighted by molar-refractivity contribution is 0.305. The number of rotatable bonds is 6. The number of nitrogens with one attached hydrogen (secondary N) is 2. The number of fused-ring (bicyclic) bond motifs is 2. The van der Waals surface area contributed by atoms with Crippen molar-refractivity contribution in [3.63, 3.8) is 0 Å². The number of H-pyrrole nitrogens is 2. The minimum absolute atomic E-state index is 0.489. The molecular weight excluding hydrogens is 478 g/mol. The van der Waals surface area contributed by atoms with Crippen LogP contribution in [0, 0.1) is 0 Å². The van der Waals surface area contributed by atoms with Crippen LogP contribution < -0.4 is 4.74 Å². The van der Waals surface area contributed by atoms with Gasteiger partial charge in [0.15, 0.2) is 5.65 Å². The molecule has 0 aliphatic rings. The second-order valence-corrected chi connectivity index (χ2v) is 9.75. The molecule has 7 heteroatoms. The van der Waals surface area contributed by atoms with Crippen LogP contribution in [0.3, 0.4) is 0 Å². The standard InChI is InChI=1S/C30H21N5OS/c1-2-6-19(7-3-1)18-36-22-12-20(15-31-17-22)21-13-25-29(34-35-30(25)32-16-21)27-14-24-23(28-10-5-11-37-28)8-4-9-26(24)33-27/h1-17,33H,18H2,(H,32,34,35). The van der Waals surface area contributed by atoms with Crippen LogP contribution in [-0.4, -0.2) is 25.1 Å². The van der Waals surface area contributed by atoms with Crippen molar-refractivity contribution in [2.75, 3.05) is 0 Å². The number of aromatic nitrogens is 5. The Kier molecular flexibility index (Phi) is 5.26. The van der Waals surface area contributed by atoms with Crippen LogP contribution in [0.5, 0.6) is 5.75 Å². The number of pyridine rings is 2. The van der Waals surface area contributed by atoms with Gasteiger partial charge in [-0.1, -0.05) is 48.5 Å². The molecule has 0 fully saturated rings. The van der Waals surface area contributed by atoms with Gasteiger partial charge in [-0.15, -0.1) is 11.3 Å². The van der Waals surface area contributed by atoms with Gasteiger partial charge < -0.3 is 9.72 Å². The first-order chi connectivity index (χ1) is 18.3. The van der Waals surface area contributed by atoms with Crippen molar-refractivity contribution < 1.29 is 4.74 Å². The fourth-order valence-electron chi connectivity index (χ4n) is 4.59. The summed E-state index contributed by atoms with van der Waals surface area (Å²) < 4.78 is 5.99. The lowest BCUT2D eigenvalue weighted by Gasteiger charge is -2.08. The van der Waals surface area contributed by atoms with E-state index in [0.29, 0.717) is 12.4 Å². The van der Waals surface area contributed by atoms with Gasteiger partial charge in [0.25, 0.3) is 0 Å². The van der Waals surface area contributed by atoms with Crippen molar-refractivity contribution in [2.45, 2.75) is 6.61 Å². The van der Waals surface area contributed by atoms with Gasteiger partial charge in [-0.25, -0.2) is 4.98 Å². The van der Waals surface area contributed by atoms with Crippen LogP contribution in [0.4, 0.5) is 0 Å². The van der Waals surface area contributed by atoms with Crippen molar-refractivity contribution in [3.8, 4) is 38.7 Å². The molecule has 7 rings (SSSR count). The Morgan fingerprint density at radius 1 is 0.811 bits per heavy atom. The van der Waals surface area contributed by atoms with Gasteiger partial charge in [0.05, 0.1) is 11.9 Å². The Morgan fingerprint density at radius 3 is 2.62 bits per heavy atom. The average molecular weight is 500 g/mol. The molecule has 0 amide bonds. The molecular formula is C30H21N5OS. The van der Waals surface area contributed by atoms with E-state index < -0.39 is 0 Å². The molecule has 0 radical (unpaired) electrons. The molecule has 2 N–H and O–H groups in total. The molecule has 5 aromatic heterocycles. The van der Waals surface area contributed by atoms with Crippen LogP contribution in [-0.2, 0) is 6.61 Å². The molecule has 6 nitrogen and oxygen atoms in total. The summed E-state index contributed by atoms with van der Waals surface area (Å²) >= 11 is 1.74. The SMILES string of the molecule is c1ccc(COc2cncc(-c3cnc4[nH]nc(-c5cc6c(-c7cccs7)cccc6[nH]5)c4c3)c2)cc1. The van der Waals surface area contributed by atoms with Crippen LogP contribution in [0.1, 0.15) is 5.56 Å². The average Bonchev–Trinajstić information content (AvgIpc) is 3.71. The van der Waals surface area contributed by atoms with Gasteiger partial charge in [0.2, 0.25) is 0 Å². The first-order valence-electron chi connectivity index (χ1n) is 11.9. The van der Waals surface area contributed by atoms with Crippen LogP contribution >= 0.6 is 11.3 Å². The minimum atomic E-state index is 0.489. The third-order valence-electron chi connectivity index (χ3n) is 6.42. The smallest absolute Gasteiger partial charge is 0.155 e. The van der Waals surface area contributed by atoms with E-state index in [-0.39, 0.29) is 0 Å².